The summed E-state index contributed by atoms with van der Waals surface area (Å²) in [5, 5.41) is 5.76. The van der Waals surface area contributed by atoms with Crippen molar-refractivity contribution in [3.63, 3.8) is 0 Å². The monoisotopic (exact) mass is 422 g/mol. The molecule has 2 aromatic rings. The van der Waals surface area contributed by atoms with Crippen LogP contribution in [0.5, 0.6) is 17.2 Å². The maximum absolute atomic E-state index is 12.2. The Hall–Kier alpha value is -2.41. The summed E-state index contributed by atoms with van der Waals surface area (Å²) in [4.78, 5) is 12.2. The molecule has 2 aromatic carbocycles. The normalized spacial score (nSPS) is 11.4. The molecular weight excluding hydrogens is 400 g/mol. The minimum atomic E-state index is -0.262. The smallest absolute Gasteiger partial charge is 0.315 e. The van der Waals surface area contributed by atoms with Crippen molar-refractivity contribution in [2.45, 2.75) is 19.5 Å². The lowest BCUT2D eigenvalue weighted by atomic mass is 10.1. The van der Waals surface area contributed by atoms with Gasteiger partial charge < -0.3 is 24.8 Å². The van der Waals surface area contributed by atoms with Crippen molar-refractivity contribution in [3.05, 3.63) is 52.0 Å². The molecule has 1 atom stereocenters. The first-order valence-corrected chi connectivity index (χ1v) is 8.87. The molecule has 0 fully saturated rings. The highest BCUT2D eigenvalue weighted by atomic mass is 79.9. The minimum absolute atomic E-state index is 0.134. The van der Waals surface area contributed by atoms with Crippen LogP contribution in [0.4, 0.5) is 4.79 Å². The van der Waals surface area contributed by atoms with E-state index in [1.807, 2.05) is 31.2 Å². The molecule has 140 valence electrons. The highest BCUT2D eigenvalue weighted by Crippen LogP contribution is 2.38. The number of ether oxygens (including phenoxy) is 3. The molecule has 26 heavy (non-hydrogen) atoms. The van der Waals surface area contributed by atoms with Crippen molar-refractivity contribution >= 4 is 22.0 Å². The van der Waals surface area contributed by atoms with E-state index < -0.39 is 0 Å². The number of hydrogen-bond acceptors (Lipinski definition) is 4. The number of benzene rings is 2. The van der Waals surface area contributed by atoms with Crippen molar-refractivity contribution in [2.24, 2.45) is 0 Å². The van der Waals surface area contributed by atoms with Gasteiger partial charge in [-0.15, -0.1) is 0 Å². The fourth-order valence-electron chi connectivity index (χ4n) is 2.57. The number of rotatable bonds is 7. The van der Waals surface area contributed by atoms with Crippen molar-refractivity contribution in [3.8, 4) is 17.2 Å². The average Bonchev–Trinajstić information content (AvgIpc) is 2.65. The van der Waals surface area contributed by atoms with Crippen LogP contribution in [0.25, 0.3) is 0 Å². The molecule has 7 heteroatoms. The van der Waals surface area contributed by atoms with E-state index in [4.69, 9.17) is 14.2 Å². The van der Waals surface area contributed by atoms with Crippen LogP contribution in [0, 0.1) is 0 Å². The van der Waals surface area contributed by atoms with Gasteiger partial charge in [0.1, 0.15) is 0 Å². The van der Waals surface area contributed by atoms with Gasteiger partial charge in [0.15, 0.2) is 11.5 Å². The first kappa shape index (κ1) is 19.9. The maximum Gasteiger partial charge on any atom is 0.315 e. The van der Waals surface area contributed by atoms with Crippen molar-refractivity contribution < 1.29 is 19.0 Å². The third-order valence-corrected chi connectivity index (χ3v) is 4.62. The standard InChI is InChI=1S/C19H23BrN2O4/c1-12(14-7-5-6-8-15(14)20)22-19(23)21-11-13-9-16(24-2)18(26-4)17(10-13)25-3/h5-10,12H,11H2,1-4H3,(H2,21,22,23). The summed E-state index contributed by atoms with van der Waals surface area (Å²) in [5.74, 6) is 1.61. The summed E-state index contributed by atoms with van der Waals surface area (Å²) >= 11 is 3.50. The van der Waals surface area contributed by atoms with Gasteiger partial charge in [0, 0.05) is 11.0 Å². The average molecular weight is 423 g/mol. The molecule has 0 aliphatic rings. The highest BCUT2D eigenvalue weighted by molar-refractivity contribution is 9.10. The van der Waals surface area contributed by atoms with Gasteiger partial charge in [-0.3, -0.25) is 0 Å². The van der Waals surface area contributed by atoms with E-state index in [0.29, 0.717) is 23.8 Å². The van der Waals surface area contributed by atoms with E-state index in [9.17, 15) is 4.79 Å². The minimum Gasteiger partial charge on any atom is -0.493 e. The van der Waals surface area contributed by atoms with E-state index in [1.165, 1.54) is 0 Å². The molecule has 0 saturated carbocycles. The number of hydrogen-bond donors (Lipinski definition) is 2. The van der Waals surface area contributed by atoms with Crippen molar-refractivity contribution in [2.75, 3.05) is 21.3 Å². The Morgan fingerprint density at radius 1 is 1.08 bits per heavy atom. The van der Waals surface area contributed by atoms with E-state index in [0.717, 1.165) is 15.6 Å². The molecule has 0 radical (unpaired) electrons. The summed E-state index contributed by atoms with van der Waals surface area (Å²) in [6.07, 6.45) is 0. The molecule has 0 aliphatic carbocycles. The van der Waals surface area contributed by atoms with Crippen LogP contribution in [0.3, 0.4) is 0 Å². The highest BCUT2D eigenvalue weighted by Gasteiger charge is 2.15. The maximum atomic E-state index is 12.2. The molecule has 0 bridgehead atoms. The van der Waals surface area contributed by atoms with E-state index in [1.54, 1.807) is 33.5 Å². The fourth-order valence-corrected chi connectivity index (χ4v) is 3.20. The predicted octanol–water partition coefficient (Wildman–Crippen LogP) is 4.04. The summed E-state index contributed by atoms with van der Waals surface area (Å²) in [7, 11) is 4.66. The van der Waals surface area contributed by atoms with Gasteiger partial charge in [-0.2, -0.15) is 0 Å². The molecule has 0 heterocycles. The summed E-state index contributed by atoms with van der Waals surface area (Å²) in [6, 6.07) is 11.0. The van der Waals surface area contributed by atoms with Gasteiger partial charge >= 0.3 is 6.03 Å². The van der Waals surface area contributed by atoms with Crippen LogP contribution in [0.2, 0.25) is 0 Å². The number of amides is 2. The summed E-state index contributed by atoms with van der Waals surface area (Å²) in [6.45, 7) is 2.25. The van der Waals surface area contributed by atoms with Gasteiger partial charge in [0.2, 0.25) is 5.75 Å². The molecule has 2 rings (SSSR count). The Morgan fingerprint density at radius 3 is 2.23 bits per heavy atom. The van der Waals surface area contributed by atoms with Crippen LogP contribution in [-0.4, -0.2) is 27.4 Å². The molecule has 0 spiro atoms. The first-order valence-electron chi connectivity index (χ1n) is 8.07. The second-order valence-electron chi connectivity index (χ2n) is 5.60. The zero-order valence-corrected chi connectivity index (χ0v) is 16.8. The SMILES string of the molecule is COc1cc(CNC(=O)NC(C)c2ccccc2Br)cc(OC)c1OC. The number of urea groups is 1. The number of nitrogens with one attached hydrogen (secondary N) is 2. The molecular formula is C19H23BrN2O4. The molecule has 0 saturated heterocycles. The molecule has 0 aromatic heterocycles. The molecule has 6 nitrogen and oxygen atoms in total. The number of carbonyl (C=O) groups is 1. The Kier molecular flexibility index (Phi) is 7.15. The lowest BCUT2D eigenvalue weighted by Crippen LogP contribution is -2.36. The Morgan fingerprint density at radius 2 is 1.69 bits per heavy atom. The topological polar surface area (TPSA) is 68.8 Å². The predicted molar refractivity (Wildman–Crippen MR) is 104 cm³/mol. The lowest BCUT2D eigenvalue weighted by molar-refractivity contribution is 0.237. The third kappa shape index (κ3) is 4.82. The van der Waals surface area contributed by atoms with Crippen LogP contribution >= 0.6 is 15.9 Å². The lowest BCUT2D eigenvalue weighted by Gasteiger charge is -2.17. The Bertz CT molecular complexity index is 742. The van der Waals surface area contributed by atoms with E-state index in [-0.39, 0.29) is 12.1 Å². The number of halogens is 1. The Balaban J connectivity index is 2.02. The van der Waals surface area contributed by atoms with E-state index in [2.05, 4.69) is 26.6 Å². The third-order valence-electron chi connectivity index (χ3n) is 3.90. The second kappa shape index (κ2) is 9.33. The van der Waals surface area contributed by atoms with Gasteiger partial charge in [-0.1, -0.05) is 34.1 Å². The summed E-state index contributed by atoms with van der Waals surface area (Å²) < 4.78 is 16.9. The van der Waals surface area contributed by atoms with Crippen LogP contribution < -0.4 is 24.8 Å². The molecule has 2 amide bonds. The molecule has 0 aliphatic heterocycles. The van der Waals surface area contributed by atoms with E-state index >= 15 is 0 Å². The first-order chi connectivity index (χ1) is 12.5. The van der Waals surface area contributed by atoms with Crippen LogP contribution in [0.15, 0.2) is 40.9 Å². The molecule has 1 unspecified atom stereocenters. The number of methoxy groups -OCH3 is 3. The van der Waals surface area contributed by atoms with Gasteiger partial charge in [-0.05, 0) is 36.2 Å². The zero-order valence-electron chi connectivity index (χ0n) is 15.3. The van der Waals surface area contributed by atoms with Gasteiger partial charge in [0.05, 0.1) is 27.4 Å². The quantitative estimate of drug-likeness (QED) is 0.706. The zero-order chi connectivity index (χ0) is 19.1. The van der Waals surface area contributed by atoms with Gasteiger partial charge in [-0.25, -0.2) is 4.79 Å². The van der Waals surface area contributed by atoms with Gasteiger partial charge in [0.25, 0.3) is 0 Å². The summed E-state index contributed by atoms with van der Waals surface area (Å²) in [5.41, 5.74) is 1.85. The largest absolute Gasteiger partial charge is 0.493 e. The second-order valence-corrected chi connectivity index (χ2v) is 6.46. The van der Waals surface area contributed by atoms with Crippen molar-refractivity contribution in [1.82, 2.24) is 10.6 Å². The Labute approximate surface area is 162 Å². The molecule has 2 N–H and O–H groups in total. The number of carbonyl (C=O) groups excluding carboxylic acids is 1. The van der Waals surface area contributed by atoms with Crippen LogP contribution in [0.1, 0.15) is 24.1 Å². The fraction of sp³-hybridized carbons (Fsp3) is 0.316. The van der Waals surface area contributed by atoms with Crippen molar-refractivity contribution in [1.29, 1.82) is 0 Å². The van der Waals surface area contributed by atoms with Crippen LogP contribution in [-0.2, 0) is 6.54 Å².